The number of benzene rings is 2. The highest BCUT2D eigenvalue weighted by atomic mass is 16.5. The van der Waals surface area contributed by atoms with Gasteiger partial charge < -0.3 is 10.5 Å². The summed E-state index contributed by atoms with van der Waals surface area (Å²) in [5, 5.41) is 0. The smallest absolute Gasteiger partial charge is 0.307 e. The maximum atomic E-state index is 11.5. The zero-order valence-corrected chi connectivity index (χ0v) is 12.3. The van der Waals surface area contributed by atoms with Crippen LogP contribution in [0.25, 0.3) is 0 Å². The van der Waals surface area contributed by atoms with E-state index in [2.05, 4.69) is 24.3 Å². The zero-order valence-electron chi connectivity index (χ0n) is 12.3. The highest BCUT2D eigenvalue weighted by molar-refractivity contribution is 5.70. The van der Waals surface area contributed by atoms with Crippen LogP contribution in [0.2, 0.25) is 0 Å². The van der Waals surface area contributed by atoms with Crippen molar-refractivity contribution in [3.05, 3.63) is 71.3 Å². The maximum absolute atomic E-state index is 11.5. The fourth-order valence-corrected chi connectivity index (χ4v) is 2.28. The van der Waals surface area contributed by atoms with Gasteiger partial charge >= 0.3 is 5.97 Å². The second kappa shape index (κ2) is 7.60. The molecule has 0 aliphatic carbocycles. The van der Waals surface area contributed by atoms with Gasteiger partial charge in [0.15, 0.2) is 0 Å². The highest BCUT2D eigenvalue weighted by Crippen LogP contribution is 2.18. The molecule has 0 aliphatic rings. The Bertz CT molecular complexity index is 581. The van der Waals surface area contributed by atoms with E-state index in [-0.39, 0.29) is 18.4 Å². The minimum atomic E-state index is -0.320. The molecule has 110 valence electrons. The summed E-state index contributed by atoms with van der Waals surface area (Å²) in [5.41, 5.74) is 9.51. The van der Waals surface area contributed by atoms with Crippen LogP contribution in [0, 0.1) is 0 Å². The molecule has 3 heteroatoms. The van der Waals surface area contributed by atoms with E-state index in [0.29, 0.717) is 6.61 Å². The van der Waals surface area contributed by atoms with E-state index in [0.717, 1.165) is 12.0 Å². The molecule has 3 nitrogen and oxygen atoms in total. The molecule has 2 aromatic rings. The predicted octanol–water partition coefficient (Wildman–Crippen LogP) is 3.23. The van der Waals surface area contributed by atoms with Crippen LogP contribution in [0.5, 0.6) is 0 Å². The minimum Gasteiger partial charge on any atom is -0.466 e. The van der Waals surface area contributed by atoms with Gasteiger partial charge in [-0.25, -0.2) is 0 Å². The number of rotatable bonds is 6. The number of esters is 1. The molecule has 0 aliphatic heterocycles. The number of hydrogen-bond donors (Lipinski definition) is 1. The van der Waals surface area contributed by atoms with Crippen LogP contribution in [0.1, 0.15) is 36.1 Å². The van der Waals surface area contributed by atoms with Gasteiger partial charge in [0.1, 0.15) is 0 Å². The van der Waals surface area contributed by atoms with E-state index >= 15 is 0 Å². The zero-order chi connectivity index (χ0) is 15.1. The second-order valence-corrected chi connectivity index (χ2v) is 5.02. The van der Waals surface area contributed by atoms with Crippen LogP contribution in [-0.2, 0) is 16.0 Å². The van der Waals surface area contributed by atoms with Crippen molar-refractivity contribution in [2.75, 3.05) is 6.61 Å². The molecule has 0 heterocycles. The van der Waals surface area contributed by atoms with Gasteiger partial charge in [-0.05, 0) is 30.0 Å². The van der Waals surface area contributed by atoms with Crippen molar-refractivity contribution in [3.63, 3.8) is 0 Å². The van der Waals surface area contributed by atoms with E-state index in [9.17, 15) is 4.79 Å². The van der Waals surface area contributed by atoms with Crippen molar-refractivity contribution in [2.45, 2.75) is 25.8 Å². The molecule has 1 atom stereocenters. The first-order valence-electron chi connectivity index (χ1n) is 7.23. The van der Waals surface area contributed by atoms with Gasteiger partial charge in [0, 0.05) is 6.04 Å². The molecule has 2 aromatic carbocycles. The van der Waals surface area contributed by atoms with Crippen LogP contribution in [-0.4, -0.2) is 12.6 Å². The molecule has 2 rings (SSSR count). The quantitative estimate of drug-likeness (QED) is 0.828. The van der Waals surface area contributed by atoms with Gasteiger partial charge in [0.25, 0.3) is 0 Å². The fraction of sp³-hybridized carbons (Fsp3) is 0.278. The Hall–Kier alpha value is -2.13. The molecular weight excluding hydrogens is 262 g/mol. The second-order valence-electron chi connectivity index (χ2n) is 5.02. The molecule has 0 fully saturated rings. The number of carbonyl (C=O) groups is 1. The summed E-state index contributed by atoms with van der Waals surface area (Å²) in [4.78, 5) is 11.5. The van der Waals surface area contributed by atoms with Gasteiger partial charge in [0.05, 0.1) is 13.0 Å². The Morgan fingerprint density at radius 1 is 1.10 bits per heavy atom. The summed E-state index contributed by atoms with van der Waals surface area (Å²) in [6.07, 6.45) is 1.07. The average Bonchev–Trinajstić information content (AvgIpc) is 2.49. The van der Waals surface area contributed by atoms with Crippen LogP contribution in [0.3, 0.4) is 0 Å². The largest absolute Gasteiger partial charge is 0.466 e. The maximum Gasteiger partial charge on any atom is 0.307 e. The first kappa shape index (κ1) is 15.3. The lowest BCUT2D eigenvalue weighted by molar-refractivity contribution is -0.143. The first-order valence-corrected chi connectivity index (χ1v) is 7.23. The summed E-state index contributed by atoms with van der Waals surface area (Å²) >= 11 is 0. The normalized spacial score (nSPS) is 11.9. The van der Waals surface area contributed by atoms with E-state index in [1.54, 1.807) is 6.92 Å². The van der Waals surface area contributed by atoms with Crippen LogP contribution in [0.4, 0.5) is 0 Å². The molecule has 0 unspecified atom stereocenters. The summed E-state index contributed by atoms with van der Waals surface area (Å²) in [5.74, 6) is -0.251. The molecule has 0 saturated heterocycles. The first-order chi connectivity index (χ1) is 10.2. The molecule has 2 N–H and O–H groups in total. The highest BCUT2D eigenvalue weighted by Gasteiger charge is 2.12. The Balaban J connectivity index is 2.05. The molecule has 0 aromatic heterocycles. The lowest BCUT2D eigenvalue weighted by Gasteiger charge is -2.12. The lowest BCUT2D eigenvalue weighted by atomic mass is 9.98. The minimum absolute atomic E-state index is 0.211. The molecule has 0 radical (unpaired) electrons. The molecule has 0 saturated carbocycles. The molecule has 0 amide bonds. The molecule has 0 spiro atoms. The SMILES string of the molecule is CCOC(=O)C[C@H](N)c1cccc(Cc2ccccc2)c1. The van der Waals surface area contributed by atoms with Crippen LogP contribution in [0.15, 0.2) is 54.6 Å². The third-order valence-electron chi connectivity index (χ3n) is 3.32. The predicted molar refractivity (Wildman–Crippen MR) is 83.9 cm³/mol. The van der Waals surface area contributed by atoms with Crippen molar-refractivity contribution in [1.29, 1.82) is 0 Å². The number of carbonyl (C=O) groups excluding carboxylic acids is 1. The third kappa shape index (κ3) is 4.72. The molecule has 0 bridgehead atoms. The summed E-state index contributed by atoms with van der Waals surface area (Å²) in [7, 11) is 0. The van der Waals surface area contributed by atoms with Crippen molar-refractivity contribution in [2.24, 2.45) is 5.73 Å². The summed E-state index contributed by atoms with van der Waals surface area (Å²) in [6.45, 7) is 2.18. The van der Waals surface area contributed by atoms with E-state index in [1.165, 1.54) is 11.1 Å². The van der Waals surface area contributed by atoms with Crippen molar-refractivity contribution >= 4 is 5.97 Å². The standard InChI is InChI=1S/C18H21NO2/c1-2-21-18(20)13-17(19)16-10-6-9-15(12-16)11-14-7-4-3-5-8-14/h3-10,12,17H,2,11,13,19H2,1H3/t17-/m0/s1. The van der Waals surface area contributed by atoms with E-state index < -0.39 is 0 Å². The van der Waals surface area contributed by atoms with E-state index in [4.69, 9.17) is 10.5 Å². The van der Waals surface area contributed by atoms with Gasteiger partial charge in [-0.2, -0.15) is 0 Å². The average molecular weight is 283 g/mol. The van der Waals surface area contributed by atoms with Gasteiger partial charge in [0.2, 0.25) is 0 Å². The molecule has 21 heavy (non-hydrogen) atoms. The fourth-order valence-electron chi connectivity index (χ4n) is 2.28. The van der Waals surface area contributed by atoms with Gasteiger partial charge in [-0.15, -0.1) is 0 Å². The Kier molecular flexibility index (Phi) is 5.52. The Labute approximate surface area is 125 Å². The van der Waals surface area contributed by atoms with Crippen molar-refractivity contribution < 1.29 is 9.53 Å². The van der Waals surface area contributed by atoms with Crippen molar-refractivity contribution in [3.8, 4) is 0 Å². The number of nitrogens with two attached hydrogens (primary N) is 1. The monoisotopic (exact) mass is 283 g/mol. The summed E-state index contributed by atoms with van der Waals surface area (Å²) < 4.78 is 4.94. The topological polar surface area (TPSA) is 52.3 Å². The number of hydrogen-bond acceptors (Lipinski definition) is 3. The van der Waals surface area contributed by atoms with Crippen LogP contribution < -0.4 is 5.73 Å². The lowest BCUT2D eigenvalue weighted by Crippen LogP contribution is -2.17. The van der Waals surface area contributed by atoms with Crippen molar-refractivity contribution in [1.82, 2.24) is 0 Å². The Morgan fingerprint density at radius 2 is 1.81 bits per heavy atom. The van der Waals surface area contributed by atoms with Crippen LogP contribution >= 0.6 is 0 Å². The molecular formula is C18H21NO2. The summed E-state index contributed by atoms with van der Waals surface area (Å²) in [6, 6.07) is 18.0. The van der Waals surface area contributed by atoms with Gasteiger partial charge in [-0.3, -0.25) is 4.79 Å². The number of ether oxygens (including phenoxy) is 1. The third-order valence-corrected chi connectivity index (χ3v) is 3.32. The van der Waals surface area contributed by atoms with E-state index in [1.807, 2.05) is 30.3 Å². The van der Waals surface area contributed by atoms with Gasteiger partial charge in [-0.1, -0.05) is 54.6 Å². The Morgan fingerprint density at radius 3 is 2.52 bits per heavy atom.